The first-order chi connectivity index (χ1) is 9.36. The molecule has 0 aromatic carbocycles. The molecule has 20 heavy (non-hydrogen) atoms. The quantitative estimate of drug-likeness (QED) is 0.750. The van der Waals surface area contributed by atoms with E-state index in [0.29, 0.717) is 0 Å². The molecule has 2 atom stereocenters. The van der Waals surface area contributed by atoms with E-state index in [4.69, 9.17) is 4.74 Å². The minimum absolute atomic E-state index is 0.0523. The summed E-state index contributed by atoms with van der Waals surface area (Å²) in [6, 6.07) is 0.213. The van der Waals surface area contributed by atoms with Crippen LogP contribution in [0.4, 0.5) is 0 Å². The second-order valence-corrected chi connectivity index (χ2v) is 6.72. The maximum absolute atomic E-state index is 12.2. The molecule has 1 saturated heterocycles. The standard InChI is InChI=1S/C16H32N2O2/c1-12(2)7-9-18-10-8-14(15(11-18)20-6)17(5)16(19)13(3)4/h12-15H,7-11H2,1-6H3/t14-,15+/m0/s1. The lowest BCUT2D eigenvalue weighted by Crippen LogP contribution is -2.56. The largest absolute Gasteiger partial charge is 0.378 e. The van der Waals surface area contributed by atoms with Gasteiger partial charge in [-0.3, -0.25) is 4.79 Å². The molecule has 1 fully saturated rings. The normalized spacial score (nSPS) is 24.4. The van der Waals surface area contributed by atoms with Gasteiger partial charge >= 0.3 is 0 Å². The van der Waals surface area contributed by atoms with E-state index in [-0.39, 0.29) is 24.0 Å². The maximum Gasteiger partial charge on any atom is 0.225 e. The van der Waals surface area contributed by atoms with Gasteiger partial charge in [-0.05, 0) is 25.3 Å². The number of amides is 1. The Hall–Kier alpha value is -0.610. The molecule has 118 valence electrons. The van der Waals surface area contributed by atoms with Crippen LogP contribution in [0.5, 0.6) is 0 Å². The third kappa shape index (κ3) is 4.74. The number of methoxy groups -OCH3 is 1. The van der Waals surface area contributed by atoms with Crippen molar-refractivity contribution >= 4 is 5.91 Å². The third-order valence-electron chi connectivity index (χ3n) is 4.27. The van der Waals surface area contributed by atoms with Crippen LogP contribution in [0, 0.1) is 11.8 Å². The zero-order valence-corrected chi connectivity index (χ0v) is 14.1. The summed E-state index contributed by atoms with van der Waals surface area (Å²) in [6.07, 6.45) is 2.36. The number of rotatable bonds is 6. The molecule has 1 aliphatic rings. The molecule has 1 aliphatic heterocycles. The van der Waals surface area contributed by atoms with Crippen molar-refractivity contribution in [3.05, 3.63) is 0 Å². The Morgan fingerprint density at radius 1 is 1.35 bits per heavy atom. The highest BCUT2D eigenvalue weighted by Crippen LogP contribution is 2.20. The summed E-state index contributed by atoms with van der Waals surface area (Å²) < 4.78 is 5.66. The predicted octanol–water partition coefficient (Wildman–Crippen LogP) is 2.24. The van der Waals surface area contributed by atoms with E-state index in [1.807, 2.05) is 25.8 Å². The zero-order chi connectivity index (χ0) is 15.3. The van der Waals surface area contributed by atoms with E-state index >= 15 is 0 Å². The van der Waals surface area contributed by atoms with Crippen molar-refractivity contribution in [1.82, 2.24) is 9.80 Å². The molecule has 1 amide bonds. The van der Waals surface area contributed by atoms with Crippen molar-refractivity contribution in [2.24, 2.45) is 11.8 Å². The third-order valence-corrected chi connectivity index (χ3v) is 4.27. The monoisotopic (exact) mass is 284 g/mol. The summed E-state index contributed by atoms with van der Waals surface area (Å²) in [5, 5.41) is 0. The fourth-order valence-electron chi connectivity index (χ4n) is 2.86. The SMILES string of the molecule is CO[C@@H]1CN(CCC(C)C)CC[C@@H]1N(C)C(=O)C(C)C. The minimum atomic E-state index is 0.0523. The topological polar surface area (TPSA) is 32.8 Å². The Morgan fingerprint density at radius 3 is 2.50 bits per heavy atom. The average molecular weight is 284 g/mol. The molecule has 0 saturated carbocycles. The summed E-state index contributed by atoms with van der Waals surface area (Å²) in [6.45, 7) is 11.6. The molecule has 0 aromatic heterocycles. The molecular formula is C16H32N2O2. The summed E-state index contributed by atoms with van der Waals surface area (Å²) in [7, 11) is 3.68. The Kier molecular flexibility index (Phi) is 6.96. The fraction of sp³-hybridized carbons (Fsp3) is 0.938. The van der Waals surface area contributed by atoms with Gasteiger partial charge in [0.25, 0.3) is 0 Å². The molecule has 0 aromatic rings. The zero-order valence-electron chi connectivity index (χ0n) is 14.1. The van der Waals surface area contributed by atoms with Gasteiger partial charge in [0.15, 0.2) is 0 Å². The first-order valence-electron chi connectivity index (χ1n) is 7.88. The van der Waals surface area contributed by atoms with Crippen LogP contribution in [0.1, 0.15) is 40.5 Å². The van der Waals surface area contributed by atoms with Crippen molar-refractivity contribution in [2.75, 3.05) is 33.8 Å². The van der Waals surface area contributed by atoms with E-state index in [1.165, 1.54) is 6.42 Å². The number of likely N-dealkylation sites (N-methyl/N-ethyl adjacent to an activating group) is 1. The number of ether oxygens (including phenoxy) is 1. The Labute approximate surface area is 124 Å². The van der Waals surface area contributed by atoms with Crippen LogP contribution in [0.2, 0.25) is 0 Å². The summed E-state index contributed by atoms with van der Waals surface area (Å²) in [5.41, 5.74) is 0. The Morgan fingerprint density at radius 2 is 2.00 bits per heavy atom. The van der Waals surface area contributed by atoms with E-state index in [9.17, 15) is 4.79 Å². The summed E-state index contributed by atoms with van der Waals surface area (Å²) >= 11 is 0. The van der Waals surface area contributed by atoms with Crippen molar-refractivity contribution in [1.29, 1.82) is 0 Å². The van der Waals surface area contributed by atoms with Crippen LogP contribution >= 0.6 is 0 Å². The molecular weight excluding hydrogens is 252 g/mol. The van der Waals surface area contributed by atoms with Gasteiger partial charge in [0, 0.05) is 33.2 Å². The van der Waals surface area contributed by atoms with E-state index in [1.54, 1.807) is 7.11 Å². The van der Waals surface area contributed by atoms with Gasteiger partial charge in [0.2, 0.25) is 5.91 Å². The van der Waals surface area contributed by atoms with Gasteiger partial charge in [-0.15, -0.1) is 0 Å². The number of carbonyl (C=O) groups is 1. The molecule has 0 N–H and O–H groups in total. The first-order valence-corrected chi connectivity index (χ1v) is 7.88. The van der Waals surface area contributed by atoms with Gasteiger partial charge in [0.05, 0.1) is 12.1 Å². The van der Waals surface area contributed by atoms with E-state index < -0.39 is 0 Å². The van der Waals surface area contributed by atoms with Gasteiger partial charge in [-0.2, -0.15) is 0 Å². The fourth-order valence-corrected chi connectivity index (χ4v) is 2.86. The second kappa shape index (κ2) is 7.99. The van der Waals surface area contributed by atoms with Gasteiger partial charge in [-0.1, -0.05) is 27.7 Å². The van der Waals surface area contributed by atoms with Gasteiger partial charge in [-0.25, -0.2) is 0 Å². The number of hydrogen-bond acceptors (Lipinski definition) is 3. The molecule has 0 unspecified atom stereocenters. The van der Waals surface area contributed by atoms with Crippen LogP contribution in [0.3, 0.4) is 0 Å². The molecule has 0 aliphatic carbocycles. The van der Waals surface area contributed by atoms with Crippen molar-refractivity contribution in [2.45, 2.75) is 52.7 Å². The van der Waals surface area contributed by atoms with E-state index in [2.05, 4.69) is 18.7 Å². The lowest BCUT2D eigenvalue weighted by molar-refractivity contribution is -0.140. The molecule has 0 spiro atoms. The Balaban J connectivity index is 2.57. The lowest BCUT2D eigenvalue weighted by atomic mass is 9.98. The molecule has 1 rings (SSSR count). The highest BCUT2D eigenvalue weighted by atomic mass is 16.5. The number of nitrogens with zero attached hydrogens (tertiary/aromatic N) is 2. The van der Waals surface area contributed by atoms with Crippen molar-refractivity contribution < 1.29 is 9.53 Å². The summed E-state index contributed by atoms with van der Waals surface area (Å²) in [5.74, 6) is 1.00. The molecule has 0 radical (unpaired) electrons. The van der Waals surface area contributed by atoms with Gasteiger partial charge in [0.1, 0.15) is 0 Å². The van der Waals surface area contributed by atoms with Crippen LogP contribution in [-0.4, -0.2) is 61.6 Å². The number of likely N-dealkylation sites (tertiary alicyclic amines) is 1. The van der Waals surface area contributed by atoms with Crippen LogP contribution in [0.15, 0.2) is 0 Å². The van der Waals surface area contributed by atoms with E-state index in [0.717, 1.165) is 32.0 Å². The molecule has 1 heterocycles. The smallest absolute Gasteiger partial charge is 0.225 e. The number of hydrogen-bond donors (Lipinski definition) is 0. The number of piperidine rings is 1. The highest BCUT2D eigenvalue weighted by Gasteiger charge is 2.34. The molecule has 0 bridgehead atoms. The van der Waals surface area contributed by atoms with Crippen molar-refractivity contribution in [3.8, 4) is 0 Å². The summed E-state index contributed by atoms with van der Waals surface area (Å²) in [4.78, 5) is 16.5. The van der Waals surface area contributed by atoms with Gasteiger partial charge < -0.3 is 14.5 Å². The minimum Gasteiger partial charge on any atom is -0.378 e. The van der Waals surface area contributed by atoms with Crippen molar-refractivity contribution in [3.63, 3.8) is 0 Å². The average Bonchev–Trinajstić information content (AvgIpc) is 2.42. The highest BCUT2D eigenvalue weighted by molar-refractivity contribution is 5.78. The lowest BCUT2D eigenvalue weighted by Gasteiger charge is -2.42. The molecule has 4 heteroatoms. The maximum atomic E-state index is 12.2. The number of carbonyl (C=O) groups excluding carboxylic acids is 1. The second-order valence-electron chi connectivity index (χ2n) is 6.72. The predicted molar refractivity (Wildman–Crippen MR) is 82.7 cm³/mol. The van der Waals surface area contributed by atoms with Crippen LogP contribution < -0.4 is 0 Å². The van der Waals surface area contributed by atoms with Crippen LogP contribution in [-0.2, 0) is 9.53 Å². The first kappa shape index (κ1) is 17.4. The van der Waals surface area contributed by atoms with Crippen LogP contribution in [0.25, 0.3) is 0 Å². The molecule has 4 nitrogen and oxygen atoms in total. The Bertz CT molecular complexity index is 305.